The van der Waals surface area contributed by atoms with E-state index in [2.05, 4.69) is 12.2 Å². The molecule has 0 saturated carbocycles. The molecule has 3 N–H and O–H groups in total. The second kappa shape index (κ2) is 8.81. The van der Waals surface area contributed by atoms with Crippen molar-refractivity contribution in [3.63, 3.8) is 0 Å². The van der Waals surface area contributed by atoms with Gasteiger partial charge in [0.15, 0.2) is 0 Å². The van der Waals surface area contributed by atoms with Gasteiger partial charge in [-0.05, 0) is 24.6 Å². The summed E-state index contributed by atoms with van der Waals surface area (Å²) in [5, 5.41) is 3.34. The number of hydrogen-bond donors (Lipinski definition) is 2. The number of carbonyl (C=O) groups is 1. The van der Waals surface area contributed by atoms with Crippen molar-refractivity contribution in [3.05, 3.63) is 23.2 Å². The Labute approximate surface area is 120 Å². The van der Waals surface area contributed by atoms with Crippen LogP contribution in [0.1, 0.15) is 51.9 Å². The van der Waals surface area contributed by atoms with Crippen molar-refractivity contribution in [1.82, 2.24) is 0 Å². The van der Waals surface area contributed by atoms with Gasteiger partial charge in [-0.25, -0.2) is 0 Å². The Balaban J connectivity index is 2.21. The summed E-state index contributed by atoms with van der Waals surface area (Å²) in [6, 6.07) is 5.14. The van der Waals surface area contributed by atoms with Crippen LogP contribution in [0.4, 0.5) is 11.4 Å². The lowest BCUT2D eigenvalue weighted by Gasteiger charge is -2.07. The molecular weight excluding hydrogens is 260 g/mol. The summed E-state index contributed by atoms with van der Waals surface area (Å²) in [6.45, 7) is 2.20. The molecule has 0 spiro atoms. The summed E-state index contributed by atoms with van der Waals surface area (Å²) in [7, 11) is 0. The van der Waals surface area contributed by atoms with E-state index in [4.69, 9.17) is 17.3 Å². The van der Waals surface area contributed by atoms with E-state index in [1.807, 2.05) is 0 Å². The van der Waals surface area contributed by atoms with Crippen LogP contribution in [0.3, 0.4) is 0 Å². The molecule has 1 aromatic rings. The third-order valence-electron chi connectivity index (χ3n) is 3.04. The molecule has 0 saturated heterocycles. The minimum Gasteiger partial charge on any atom is -0.397 e. The number of unbranched alkanes of at least 4 members (excludes halogenated alkanes) is 5. The van der Waals surface area contributed by atoms with Crippen molar-refractivity contribution in [2.24, 2.45) is 0 Å². The van der Waals surface area contributed by atoms with Crippen molar-refractivity contribution in [2.45, 2.75) is 51.9 Å². The number of halogens is 1. The van der Waals surface area contributed by atoms with Gasteiger partial charge in [0.05, 0.1) is 10.7 Å². The summed E-state index contributed by atoms with van der Waals surface area (Å²) in [6.07, 6.45) is 7.65. The van der Waals surface area contributed by atoms with Crippen LogP contribution in [0.2, 0.25) is 5.02 Å². The van der Waals surface area contributed by atoms with E-state index in [1.54, 1.807) is 18.2 Å². The molecule has 4 heteroatoms. The third kappa shape index (κ3) is 6.48. The lowest BCUT2D eigenvalue weighted by atomic mass is 10.1. The molecule has 0 atom stereocenters. The minimum absolute atomic E-state index is 0.0391. The lowest BCUT2D eigenvalue weighted by Crippen LogP contribution is -2.11. The molecule has 3 nitrogen and oxygen atoms in total. The highest BCUT2D eigenvalue weighted by Gasteiger charge is 2.04. The summed E-state index contributed by atoms with van der Waals surface area (Å²) in [4.78, 5) is 11.7. The molecule has 19 heavy (non-hydrogen) atoms. The van der Waals surface area contributed by atoms with Gasteiger partial charge in [0.2, 0.25) is 5.91 Å². The summed E-state index contributed by atoms with van der Waals surface area (Å²) in [5.41, 5.74) is 6.87. The average molecular weight is 283 g/mol. The maximum atomic E-state index is 11.7. The first kappa shape index (κ1) is 15.8. The van der Waals surface area contributed by atoms with Crippen LogP contribution >= 0.6 is 11.6 Å². The van der Waals surface area contributed by atoms with E-state index in [9.17, 15) is 4.79 Å². The van der Waals surface area contributed by atoms with Crippen LogP contribution in [0.5, 0.6) is 0 Å². The lowest BCUT2D eigenvalue weighted by molar-refractivity contribution is -0.116. The predicted molar refractivity (Wildman–Crippen MR) is 82.5 cm³/mol. The second-order valence-electron chi connectivity index (χ2n) is 4.80. The van der Waals surface area contributed by atoms with Crippen molar-refractivity contribution in [2.75, 3.05) is 11.1 Å². The van der Waals surface area contributed by atoms with E-state index in [0.717, 1.165) is 12.8 Å². The van der Waals surface area contributed by atoms with Gasteiger partial charge in [-0.1, -0.05) is 50.6 Å². The highest BCUT2D eigenvalue weighted by Crippen LogP contribution is 2.22. The van der Waals surface area contributed by atoms with Crippen molar-refractivity contribution < 1.29 is 4.79 Å². The van der Waals surface area contributed by atoms with Gasteiger partial charge in [-0.3, -0.25) is 4.79 Å². The smallest absolute Gasteiger partial charge is 0.224 e. The molecule has 0 aromatic heterocycles. The van der Waals surface area contributed by atoms with E-state index < -0.39 is 0 Å². The van der Waals surface area contributed by atoms with Crippen molar-refractivity contribution in [1.29, 1.82) is 0 Å². The molecule has 1 rings (SSSR count). The molecule has 0 radical (unpaired) electrons. The molecule has 0 fully saturated rings. The molecule has 1 aromatic carbocycles. The fourth-order valence-electron chi connectivity index (χ4n) is 1.91. The Kier molecular flexibility index (Phi) is 7.34. The number of hydrogen-bond acceptors (Lipinski definition) is 2. The highest BCUT2D eigenvalue weighted by atomic mass is 35.5. The minimum atomic E-state index is 0.0391. The number of nitrogen functional groups attached to an aromatic ring is 1. The number of nitrogens with two attached hydrogens (primary N) is 1. The van der Waals surface area contributed by atoms with Crippen molar-refractivity contribution in [3.8, 4) is 0 Å². The number of amides is 1. The first-order chi connectivity index (χ1) is 9.13. The molecule has 1 amide bonds. The van der Waals surface area contributed by atoms with Crippen LogP contribution < -0.4 is 11.1 Å². The summed E-state index contributed by atoms with van der Waals surface area (Å²) < 4.78 is 0. The summed E-state index contributed by atoms with van der Waals surface area (Å²) >= 11 is 5.82. The maximum absolute atomic E-state index is 11.7. The van der Waals surface area contributed by atoms with Crippen LogP contribution in [-0.2, 0) is 4.79 Å². The van der Waals surface area contributed by atoms with Crippen molar-refractivity contribution >= 4 is 28.9 Å². The fraction of sp³-hybridized carbons (Fsp3) is 0.533. The van der Waals surface area contributed by atoms with E-state index >= 15 is 0 Å². The van der Waals surface area contributed by atoms with Gasteiger partial charge in [0, 0.05) is 12.1 Å². The van der Waals surface area contributed by atoms with E-state index in [1.165, 1.54) is 25.7 Å². The van der Waals surface area contributed by atoms with Gasteiger partial charge in [0.25, 0.3) is 0 Å². The van der Waals surface area contributed by atoms with E-state index in [0.29, 0.717) is 22.8 Å². The number of nitrogens with one attached hydrogen (secondary N) is 1. The monoisotopic (exact) mass is 282 g/mol. The van der Waals surface area contributed by atoms with Crippen LogP contribution in [-0.4, -0.2) is 5.91 Å². The molecule has 0 heterocycles. The average Bonchev–Trinajstić information content (AvgIpc) is 2.38. The van der Waals surface area contributed by atoms with Gasteiger partial charge < -0.3 is 11.1 Å². The molecule has 0 aliphatic heterocycles. The largest absolute Gasteiger partial charge is 0.397 e. The number of anilines is 2. The first-order valence-corrected chi connectivity index (χ1v) is 7.36. The zero-order valence-electron chi connectivity index (χ0n) is 11.5. The van der Waals surface area contributed by atoms with E-state index in [-0.39, 0.29) is 5.91 Å². The zero-order chi connectivity index (χ0) is 14.1. The standard InChI is InChI=1S/C15H23ClN2O/c1-2-3-4-5-6-7-8-15(19)18-12-9-10-13(16)14(17)11-12/h9-11H,2-8,17H2,1H3,(H,18,19). The molecule has 0 aliphatic carbocycles. The molecule has 0 unspecified atom stereocenters. The highest BCUT2D eigenvalue weighted by molar-refractivity contribution is 6.33. The molecular formula is C15H23ClN2O. The number of benzene rings is 1. The number of rotatable bonds is 8. The zero-order valence-corrected chi connectivity index (χ0v) is 12.3. The van der Waals surface area contributed by atoms with Gasteiger partial charge in [0.1, 0.15) is 0 Å². The maximum Gasteiger partial charge on any atom is 0.224 e. The third-order valence-corrected chi connectivity index (χ3v) is 3.38. The predicted octanol–water partition coefficient (Wildman–Crippen LogP) is 4.61. The number of carbonyl (C=O) groups excluding carboxylic acids is 1. The Bertz CT molecular complexity index is 407. The Morgan fingerprint density at radius 1 is 1.21 bits per heavy atom. The second-order valence-corrected chi connectivity index (χ2v) is 5.21. The molecule has 0 aliphatic rings. The molecule has 0 bridgehead atoms. The van der Waals surface area contributed by atoms with Gasteiger partial charge in [-0.2, -0.15) is 0 Å². The Hall–Kier alpha value is -1.22. The van der Waals surface area contributed by atoms with Gasteiger partial charge in [-0.15, -0.1) is 0 Å². The Morgan fingerprint density at radius 3 is 2.58 bits per heavy atom. The fourth-order valence-corrected chi connectivity index (χ4v) is 2.03. The van der Waals surface area contributed by atoms with Crippen LogP contribution in [0.25, 0.3) is 0 Å². The summed E-state index contributed by atoms with van der Waals surface area (Å²) in [5.74, 6) is 0.0391. The van der Waals surface area contributed by atoms with Gasteiger partial charge >= 0.3 is 0 Å². The first-order valence-electron chi connectivity index (χ1n) is 6.98. The quantitative estimate of drug-likeness (QED) is 0.540. The van der Waals surface area contributed by atoms with Crippen LogP contribution in [0.15, 0.2) is 18.2 Å². The topological polar surface area (TPSA) is 55.1 Å². The van der Waals surface area contributed by atoms with Crippen LogP contribution in [0, 0.1) is 0 Å². The normalized spacial score (nSPS) is 10.4. The Morgan fingerprint density at radius 2 is 1.89 bits per heavy atom. The SMILES string of the molecule is CCCCCCCCC(=O)Nc1ccc(Cl)c(N)c1. The molecule has 106 valence electrons.